The summed E-state index contributed by atoms with van der Waals surface area (Å²) < 4.78 is 31.3. The van der Waals surface area contributed by atoms with Crippen LogP contribution in [0.2, 0.25) is 0 Å². The van der Waals surface area contributed by atoms with E-state index in [9.17, 15) is 13.6 Å². The SMILES string of the molecule is CCCCCC1CCC(C(=O)Oc2cc(F)cc(F)c2)CC1. The molecule has 1 aromatic carbocycles. The largest absolute Gasteiger partial charge is 0.426 e. The van der Waals surface area contributed by atoms with E-state index in [1.807, 2.05) is 0 Å². The molecule has 2 nitrogen and oxygen atoms in total. The van der Waals surface area contributed by atoms with Gasteiger partial charge in [0.05, 0.1) is 5.92 Å². The van der Waals surface area contributed by atoms with Crippen LogP contribution < -0.4 is 4.74 Å². The maximum absolute atomic E-state index is 13.1. The number of carbonyl (C=O) groups excluding carboxylic acids is 1. The highest BCUT2D eigenvalue weighted by Gasteiger charge is 2.27. The van der Waals surface area contributed by atoms with Crippen LogP contribution in [0, 0.1) is 23.5 Å². The Morgan fingerprint density at radius 3 is 2.32 bits per heavy atom. The summed E-state index contributed by atoms with van der Waals surface area (Å²) >= 11 is 0. The molecule has 1 fully saturated rings. The van der Waals surface area contributed by atoms with Gasteiger partial charge in [-0.2, -0.15) is 0 Å². The first-order chi connectivity index (χ1) is 10.6. The number of hydrogen-bond acceptors (Lipinski definition) is 2. The summed E-state index contributed by atoms with van der Waals surface area (Å²) in [5.74, 6) is -1.31. The number of benzene rings is 1. The van der Waals surface area contributed by atoms with Crippen molar-refractivity contribution in [1.29, 1.82) is 0 Å². The van der Waals surface area contributed by atoms with E-state index in [0.717, 1.165) is 43.9 Å². The highest BCUT2D eigenvalue weighted by atomic mass is 19.1. The van der Waals surface area contributed by atoms with Gasteiger partial charge in [-0.3, -0.25) is 4.79 Å². The molecular formula is C18H24F2O2. The van der Waals surface area contributed by atoms with Crippen molar-refractivity contribution < 1.29 is 18.3 Å². The molecule has 0 amide bonds. The number of unbranched alkanes of at least 4 members (excludes halogenated alkanes) is 2. The third-order valence-corrected chi connectivity index (χ3v) is 4.45. The van der Waals surface area contributed by atoms with Gasteiger partial charge in [0.2, 0.25) is 0 Å². The molecule has 1 aliphatic carbocycles. The fourth-order valence-corrected chi connectivity index (χ4v) is 3.16. The van der Waals surface area contributed by atoms with Crippen LogP contribution in [0.25, 0.3) is 0 Å². The van der Waals surface area contributed by atoms with E-state index in [-0.39, 0.29) is 17.6 Å². The van der Waals surface area contributed by atoms with Gasteiger partial charge in [0.1, 0.15) is 17.4 Å². The molecule has 0 aliphatic heterocycles. The molecule has 4 heteroatoms. The minimum Gasteiger partial charge on any atom is -0.426 e. The Bertz CT molecular complexity index is 474. The van der Waals surface area contributed by atoms with Crippen LogP contribution in [0.15, 0.2) is 18.2 Å². The minimum absolute atomic E-state index is 0.0485. The molecular weight excluding hydrogens is 286 g/mol. The molecule has 0 saturated heterocycles. The Morgan fingerprint density at radius 2 is 1.73 bits per heavy atom. The van der Waals surface area contributed by atoms with Crippen LogP contribution in [-0.2, 0) is 4.79 Å². The zero-order valence-corrected chi connectivity index (χ0v) is 13.1. The zero-order valence-electron chi connectivity index (χ0n) is 13.1. The molecule has 0 aromatic heterocycles. The number of hydrogen-bond donors (Lipinski definition) is 0. The van der Waals surface area contributed by atoms with Gasteiger partial charge in [-0.25, -0.2) is 8.78 Å². The monoisotopic (exact) mass is 310 g/mol. The molecule has 0 atom stereocenters. The second kappa shape index (κ2) is 8.25. The minimum atomic E-state index is -0.734. The fourth-order valence-electron chi connectivity index (χ4n) is 3.16. The summed E-state index contributed by atoms with van der Waals surface area (Å²) in [7, 11) is 0. The second-order valence-corrected chi connectivity index (χ2v) is 6.24. The Balaban J connectivity index is 1.79. The summed E-state index contributed by atoms with van der Waals surface area (Å²) in [4.78, 5) is 12.1. The molecule has 1 aromatic rings. The quantitative estimate of drug-likeness (QED) is 0.407. The van der Waals surface area contributed by atoms with Crippen molar-refractivity contribution >= 4 is 5.97 Å². The van der Waals surface area contributed by atoms with Crippen LogP contribution in [0.5, 0.6) is 5.75 Å². The number of ether oxygens (including phenoxy) is 1. The fraction of sp³-hybridized carbons (Fsp3) is 0.611. The van der Waals surface area contributed by atoms with Crippen LogP contribution in [0.4, 0.5) is 8.78 Å². The lowest BCUT2D eigenvalue weighted by molar-refractivity contribution is -0.140. The van der Waals surface area contributed by atoms with Gasteiger partial charge in [0, 0.05) is 18.2 Å². The second-order valence-electron chi connectivity index (χ2n) is 6.24. The molecule has 122 valence electrons. The number of esters is 1. The smallest absolute Gasteiger partial charge is 0.314 e. The zero-order chi connectivity index (χ0) is 15.9. The van der Waals surface area contributed by atoms with Crippen molar-refractivity contribution in [3.63, 3.8) is 0 Å². The van der Waals surface area contributed by atoms with Crippen LogP contribution in [-0.4, -0.2) is 5.97 Å². The summed E-state index contributed by atoms with van der Waals surface area (Å²) in [6.45, 7) is 2.20. The molecule has 0 unspecified atom stereocenters. The Labute approximate surface area is 130 Å². The molecule has 22 heavy (non-hydrogen) atoms. The first-order valence-electron chi connectivity index (χ1n) is 8.26. The Hall–Kier alpha value is -1.45. The molecule has 0 spiro atoms. The maximum atomic E-state index is 13.1. The van der Waals surface area contributed by atoms with Crippen molar-refractivity contribution in [3.05, 3.63) is 29.8 Å². The van der Waals surface area contributed by atoms with Gasteiger partial charge in [-0.15, -0.1) is 0 Å². The Kier molecular flexibility index (Phi) is 6.34. The van der Waals surface area contributed by atoms with Gasteiger partial charge in [-0.1, -0.05) is 32.6 Å². The highest BCUT2D eigenvalue weighted by Crippen LogP contribution is 2.33. The van der Waals surface area contributed by atoms with E-state index in [4.69, 9.17) is 4.74 Å². The van der Waals surface area contributed by atoms with Crippen molar-refractivity contribution in [2.24, 2.45) is 11.8 Å². The average molecular weight is 310 g/mol. The van der Waals surface area contributed by atoms with E-state index in [2.05, 4.69) is 6.92 Å². The lowest BCUT2D eigenvalue weighted by Gasteiger charge is -2.27. The van der Waals surface area contributed by atoms with Crippen molar-refractivity contribution in [2.75, 3.05) is 0 Å². The van der Waals surface area contributed by atoms with Crippen molar-refractivity contribution in [2.45, 2.75) is 58.3 Å². The highest BCUT2D eigenvalue weighted by molar-refractivity contribution is 5.75. The third kappa shape index (κ3) is 5.08. The van der Waals surface area contributed by atoms with Crippen LogP contribution in [0.3, 0.4) is 0 Å². The third-order valence-electron chi connectivity index (χ3n) is 4.45. The first-order valence-corrected chi connectivity index (χ1v) is 8.26. The average Bonchev–Trinajstić information content (AvgIpc) is 2.47. The lowest BCUT2D eigenvalue weighted by atomic mass is 9.80. The van der Waals surface area contributed by atoms with E-state index >= 15 is 0 Å². The summed E-state index contributed by atoms with van der Waals surface area (Å²) in [6.07, 6.45) is 8.71. The van der Waals surface area contributed by atoms with Gasteiger partial charge < -0.3 is 4.74 Å². The first kappa shape index (κ1) is 16.9. The van der Waals surface area contributed by atoms with Gasteiger partial charge >= 0.3 is 5.97 Å². The molecule has 0 radical (unpaired) electrons. The molecule has 1 aliphatic rings. The Morgan fingerprint density at radius 1 is 1.09 bits per heavy atom. The number of rotatable bonds is 6. The van der Waals surface area contributed by atoms with Gasteiger partial charge in [0.15, 0.2) is 0 Å². The van der Waals surface area contributed by atoms with E-state index in [1.54, 1.807) is 0 Å². The van der Waals surface area contributed by atoms with Gasteiger partial charge in [0.25, 0.3) is 0 Å². The normalized spacial score (nSPS) is 21.6. The van der Waals surface area contributed by atoms with Crippen LogP contribution in [0.1, 0.15) is 58.3 Å². The van der Waals surface area contributed by atoms with E-state index < -0.39 is 11.6 Å². The van der Waals surface area contributed by atoms with E-state index in [0.29, 0.717) is 5.92 Å². The molecule has 0 N–H and O–H groups in total. The molecule has 1 saturated carbocycles. The predicted molar refractivity (Wildman–Crippen MR) is 81.6 cm³/mol. The lowest BCUT2D eigenvalue weighted by Crippen LogP contribution is -2.25. The summed E-state index contributed by atoms with van der Waals surface area (Å²) in [5, 5.41) is 0. The van der Waals surface area contributed by atoms with Crippen LogP contribution >= 0.6 is 0 Å². The summed E-state index contributed by atoms with van der Waals surface area (Å²) in [5.41, 5.74) is 0. The maximum Gasteiger partial charge on any atom is 0.314 e. The van der Waals surface area contributed by atoms with Crippen molar-refractivity contribution in [3.8, 4) is 5.75 Å². The van der Waals surface area contributed by atoms with Crippen molar-refractivity contribution in [1.82, 2.24) is 0 Å². The molecule has 0 bridgehead atoms. The standard InChI is InChI=1S/C18H24F2O2/c1-2-3-4-5-13-6-8-14(9-7-13)18(21)22-17-11-15(19)10-16(20)12-17/h10-14H,2-9H2,1H3. The number of carbonyl (C=O) groups is 1. The predicted octanol–water partition coefficient (Wildman–Crippen LogP) is 5.26. The molecule has 0 heterocycles. The molecule has 2 rings (SSSR count). The topological polar surface area (TPSA) is 26.3 Å². The van der Waals surface area contributed by atoms with Gasteiger partial charge in [-0.05, 0) is 31.6 Å². The number of halogens is 2. The van der Waals surface area contributed by atoms with E-state index in [1.165, 1.54) is 25.7 Å². The summed E-state index contributed by atoms with van der Waals surface area (Å²) in [6, 6.07) is 2.84.